The summed E-state index contributed by atoms with van der Waals surface area (Å²) in [5, 5.41) is 12.0. The number of H-pyrrole nitrogens is 2. The molecule has 0 unspecified atom stereocenters. The van der Waals surface area contributed by atoms with Crippen molar-refractivity contribution in [1.29, 1.82) is 0 Å². The maximum absolute atomic E-state index is 10.2. The van der Waals surface area contributed by atoms with Gasteiger partial charge in [-0.05, 0) is 50.1 Å². The smallest absolute Gasteiger partial charge is 0.173 e. The molecule has 38 heavy (non-hydrogen) atoms. The van der Waals surface area contributed by atoms with E-state index in [0.29, 0.717) is 28.6 Å². The molecule has 2 heterocycles. The number of fused-ring (bicyclic) bond motifs is 2. The summed E-state index contributed by atoms with van der Waals surface area (Å²) < 4.78 is 24.0. The van der Waals surface area contributed by atoms with Crippen LogP contribution in [0.3, 0.4) is 0 Å². The van der Waals surface area contributed by atoms with Gasteiger partial charge in [0.1, 0.15) is 5.75 Å². The first-order valence-corrected chi connectivity index (χ1v) is 12.4. The first kappa shape index (κ1) is 25.1. The van der Waals surface area contributed by atoms with E-state index in [1.54, 1.807) is 40.6 Å². The van der Waals surface area contributed by atoms with Crippen LogP contribution in [0, 0.1) is 0 Å². The van der Waals surface area contributed by atoms with Crippen LogP contribution in [0.5, 0.6) is 28.7 Å². The van der Waals surface area contributed by atoms with Gasteiger partial charge in [-0.2, -0.15) is 0 Å². The lowest BCUT2D eigenvalue weighted by molar-refractivity contribution is 0.333. The fraction of sp³-hybridized carbons (Fsp3) is 0.226. The quantitative estimate of drug-likeness (QED) is 0.191. The van der Waals surface area contributed by atoms with Crippen LogP contribution in [-0.2, 0) is 6.42 Å². The number of aromatic hydroxyl groups is 1. The van der Waals surface area contributed by atoms with Crippen molar-refractivity contribution in [1.82, 2.24) is 9.97 Å². The lowest BCUT2D eigenvalue weighted by Gasteiger charge is -2.23. The molecule has 7 nitrogen and oxygen atoms in total. The van der Waals surface area contributed by atoms with Gasteiger partial charge in [0.05, 0.1) is 39.6 Å². The molecule has 0 bridgehead atoms. The number of rotatable bonds is 8. The minimum atomic E-state index is 0.162. The highest BCUT2D eigenvalue weighted by Gasteiger charge is 2.31. The van der Waals surface area contributed by atoms with E-state index in [1.807, 2.05) is 18.5 Å². The molecule has 0 spiro atoms. The topological polar surface area (TPSA) is 88.7 Å². The fourth-order valence-corrected chi connectivity index (χ4v) is 5.07. The average Bonchev–Trinajstić information content (AvgIpc) is 3.53. The zero-order chi connectivity index (χ0) is 27.0. The van der Waals surface area contributed by atoms with E-state index in [0.717, 1.165) is 44.9 Å². The summed E-state index contributed by atoms with van der Waals surface area (Å²) >= 11 is 0. The summed E-state index contributed by atoms with van der Waals surface area (Å²) in [6, 6.07) is 11.6. The Labute approximate surface area is 221 Å². The summed E-state index contributed by atoms with van der Waals surface area (Å²) in [5.74, 6) is 2.20. The summed E-state index contributed by atoms with van der Waals surface area (Å²) in [7, 11) is 6.44. The third-order valence-corrected chi connectivity index (χ3v) is 6.83. The van der Waals surface area contributed by atoms with Crippen molar-refractivity contribution < 1.29 is 24.1 Å². The van der Waals surface area contributed by atoms with Crippen LogP contribution in [0.25, 0.3) is 44.1 Å². The number of benzene rings is 3. The Bertz CT molecular complexity index is 1640. The van der Waals surface area contributed by atoms with Crippen LogP contribution in [-0.4, -0.2) is 43.5 Å². The standard InChI is InChI=1S/C31H32N2O5/c1-17(2)7-8-18-9-11-20-22(15-33-25(20)13-18)26-28(35-3)30(37-5)27(31(38-6)29(26)36-4)23-16-32-24-12-10-19(34)14-21(23)24/h7,9-16,32-34H,8H2,1-6H3. The van der Waals surface area contributed by atoms with Gasteiger partial charge in [-0.1, -0.05) is 23.8 Å². The second-order valence-corrected chi connectivity index (χ2v) is 9.38. The molecule has 0 saturated heterocycles. The molecule has 196 valence electrons. The minimum Gasteiger partial charge on any atom is -0.508 e. The molecule has 0 amide bonds. The molecule has 3 N–H and O–H groups in total. The van der Waals surface area contributed by atoms with Crippen molar-refractivity contribution in [3.05, 3.63) is 66.0 Å². The van der Waals surface area contributed by atoms with Gasteiger partial charge in [-0.25, -0.2) is 0 Å². The molecule has 0 aliphatic rings. The van der Waals surface area contributed by atoms with E-state index in [9.17, 15) is 5.11 Å². The fourth-order valence-electron chi connectivity index (χ4n) is 5.07. The number of methoxy groups -OCH3 is 4. The summed E-state index contributed by atoms with van der Waals surface area (Å²) in [6.45, 7) is 4.21. The van der Waals surface area contributed by atoms with Crippen LogP contribution in [0.2, 0.25) is 0 Å². The number of hydrogen-bond donors (Lipinski definition) is 3. The molecular formula is C31H32N2O5. The number of ether oxygens (including phenoxy) is 4. The molecular weight excluding hydrogens is 480 g/mol. The van der Waals surface area contributed by atoms with Crippen LogP contribution < -0.4 is 18.9 Å². The molecule has 0 radical (unpaired) electrons. The molecule has 5 rings (SSSR count). The third-order valence-electron chi connectivity index (χ3n) is 6.83. The maximum Gasteiger partial charge on any atom is 0.173 e. The highest BCUT2D eigenvalue weighted by molar-refractivity contribution is 6.06. The normalized spacial score (nSPS) is 11.1. The lowest BCUT2D eigenvalue weighted by atomic mass is 9.94. The number of allylic oxidation sites excluding steroid dienone is 2. The second-order valence-electron chi connectivity index (χ2n) is 9.38. The van der Waals surface area contributed by atoms with Crippen molar-refractivity contribution in [2.75, 3.05) is 28.4 Å². The molecule has 0 fully saturated rings. The number of phenolic OH excluding ortho intramolecular Hbond substituents is 1. The second kappa shape index (κ2) is 10.1. The summed E-state index contributed by atoms with van der Waals surface area (Å²) in [4.78, 5) is 6.69. The van der Waals surface area contributed by atoms with Gasteiger partial charge in [-0.3, -0.25) is 0 Å². The zero-order valence-electron chi connectivity index (χ0n) is 22.5. The Balaban J connectivity index is 1.80. The first-order valence-electron chi connectivity index (χ1n) is 12.4. The Morgan fingerprint density at radius 2 is 1.26 bits per heavy atom. The van der Waals surface area contributed by atoms with E-state index in [-0.39, 0.29) is 5.75 Å². The highest BCUT2D eigenvalue weighted by Crippen LogP contribution is 2.58. The molecule has 0 saturated carbocycles. The molecule has 7 heteroatoms. The van der Waals surface area contributed by atoms with E-state index in [4.69, 9.17) is 18.9 Å². The minimum absolute atomic E-state index is 0.162. The number of aromatic nitrogens is 2. The van der Waals surface area contributed by atoms with E-state index in [1.165, 1.54) is 11.1 Å². The Morgan fingerprint density at radius 3 is 1.82 bits per heavy atom. The summed E-state index contributed by atoms with van der Waals surface area (Å²) in [6.07, 6.45) is 6.91. The van der Waals surface area contributed by atoms with Crippen molar-refractivity contribution in [2.45, 2.75) is 20.3 Å². The maximum atomic E-state index is 10.2. The Kier molecular flexibility index (Phi) is 6.68. The van der Waals surface area contributed by atoms with Crippen LogP contribution in [0.15, 0.2) is 60.4 Å². The number of aromatic amines is 2. The Hall–Kier alpha value is -4.52. The zero-order valence-corrected chi connectivity index (χ0v) is 22.5. The lowest BCUT2D eigenvalue weighted by Crippen LogP contribution is -2.02. The average molecular weight is 513 g/mol. The van der Waals surface area contributed by atoms with Gasteiger partial charge >= 0.3 is 0 Å². The van der Waals surface area contributed by atoms with Gasteiger partial charge in [0.2, 0.25) is 0 Å². The van der Waals surface area contributed by atoms with Crippen LogP contribution >= 0.6 is 0 Å². The number of phenols is 1. The predicted molar refractivity (Wildman–Crippen MR) is 152 cm³/mol. The van der Waals surface area contributed by atoms with Gasteiger partial charge in [0.25, 0.3) is 0 Å². The van der Waals surface area contributed by atoms with E-state index >= 15 is 0 Å². The summed E-state index contributed by atoms with van der Waals surface area (Å²) in [5.41, 5.74) is 7.46. The van der Waals surface area contributed by atoms with Crippen molar-refractivity contribution in [3.8, 4) is 51.0 Å². The highest BCUT2D eigenvalue weighted by atomic mass is 16.5. The van der Waals surface area contributed by atoms with Gasteiger partial charge < -0.3 is 34.0 Å². The van der Waals surface area contributed by atoms with Crippen molar-refractivity contribution in [3.63, 3.8) is 0 Å². The molecule has 0 aliphatic carbocycles. The van der Waals surface area contributed by atoms with Crippen molar-refractivity contribution in [2.24, 2.45) is 0 Å². The first-order chi connectivity index (χ1) is 18.4. The van der Waals surface area contributed by atoms with Gasteiger partial charge in [0, 0.05) is 45.3 Å². The number of nitrogens with one attached hydrogen (secondary N) is 2. The number of hydrogen-bond acceptors (Lipinski definition) is 5. The predicted octanol–water partition coefficient (Wildman–Crippen LogP) is 7.23. The Morgan fingerprint density at radius 1 is 0.711 bits per heavy atom. The third kappa shape index (κ3) is 4.10. The van der Waals surface area contributed by atoms with Gasteiger partial charge in [-0.15, -0.1) is 0 Å². The molecule has 3 aromatic carbocycles. The largest absolute Gasteiger partial charge is 0.508 e. The van der Waals surface area contributed by atoms with E-state index < -0.39 is 0 Å². The van der Waals surface area contributed by atoms with Gasteiger partial charge in [0.15, 0.2) is 23.0 Å². The SMILES string of the molecule is COc1c(OC)c(-c2c[nH]c3ccc(O)cc23)c(OC)c(OC)c1-c1c[nH]c2cc(CC=C(C)C)ccc12. The molecule has 2 aromatic heterocycles. The molecule has 0 aliphatic heterocycles. The van der Waals surface area contributed by atoms with Crippen LogP contribution in [0.4, 0.5) is 0 Å². The molecule has 5 aromatic rings. The molecule has 0 atom stereocenters. The van der Waals surface area contributed by atoms with Crippen LogP contribution in [0.1, 0.15) is 19.4 Å². The monoisotopic (exact) mass is 512 g/mol. The van der Waals surface area contributed by atoms with E-state index in [2.05, 4.69) is 48.1 Å². The van der Waals surface area contributed by atoms with Crippen molar-refractivity contribution >= 4 is 21.8 Å².